The topological polar surface area (TPSA) is 29.1 Å². The molecule has 1 N–H and O–H groups in total. The fraction of sp³-hybridized carbons (Fsp3) is 0.182. The number of anilines is 1. The van der Waals surface area contributed by atoms with Gasteiger partial charge in [0.2, 0.25) is 0 Å². The molecule has 0 spiro atoms. The molecular weight excluding hydrogens is 162 g/mol. The molecule has 0 heterocycles. The fourth-order valence-corrected chi connectivity index (χ4v) is 0.990. The quantitative estimate of drug-likeness (QED) is 0.715. The Labute approximate surface area is 78.3 Å². The number of benzene rings is 1. The fourth-order valence-electron chi connectivity index (χ4n) is 0.990. The third kappa shape index (κ3) is 3.56. The van der Waals surface area contributed by atoms with Crippen LogP contribution in [0.5, 0.6) is 0 Å². The number of carbonyl (C=O) groups excluding carboxylic acids is 1. The van der Waals surface area contributed by atoms with Crippen LogP contribution >= 0.6 is 0 Å². The van der Waals surface area contributed by atoms with Gasteiger partial charge in [0.25, 0.3) is 0 Å². The van der Waals surface area contributed by atoms with Crippen molar-refractivity contribution in [1.82, 2.24) is 0 Å². The second-order valence-electron chi connectivity index (χ2n) is 2.96. The molecule has 0 aliphatic carbocycles. The Morgan fingerprint density at radius 2 is 2.23 bits per heavy atom. The van der Waals surface area contributed by atoms with Crippen molar-refractivity contribution in [2.24, 2.45) is 0 Å². The van der Waals surface area contributed by atoms with E-state index in [2.05, 4.69) is 5.32 Å². The largest absolute Gasteiger partial charge is 0.362 e. The first-order valence-corrected chi connectivity index (χ1v) is 4.19. The van der Waals surface area contributed by atoms with Crippen LogP contribution in [0.3, 0.4) is 0 Å². The normalized spacial score (nSPS) is 10.3. The minimum Gasteiger partial charge on any atom is -0.362 e. The summed E-state index contributed by atoms with van der Waals surface area (Å²) < 4.78 is 0. The van der Waals surface area contributed by atoms with Gasteiger partial charge in [-0.2, -0.15) is 0 Å². The van der Waals surface area contributed by atoms with Crippen LogP contribution in [0.2, 0.25) is 0 Å². The lowest BCUT2D eigenvalue weighted by Gasteiger charge is -2.00. The summed E-state index contributed by atoms with van der Waals surface area (Å²) in [5.41, 5.74) is 2.19. The summed E-state index contributed by atoms with van der Waals surface area (Å²) in [6, 6.07) is 7.97. The maximum atomic E-state index is 10.6. The van der Waals surface area contributed by atoms with Crippen LogP contribution in [0, 0.1) is 6.92 Å². The lowest BCUT2D eigenvalue weighted by molar-refractivity contribution is -0.112. The van der Waals surface area contributed by atoms with E-state index in [0.29, 0.717) is 0 Å². The van der Waals surface area contributed by atoms with Crippen LogP contribution in [0.15, 0.2) is 36.5 Å². The van der Waals surface area contributed by atoms with E-state index in [1.165, 1.54) is 18.6 Å². The summed E-state index contributed by atoms with van der Waals surface area (Å²) in [5, 5.41) is 3.02. The minimum atomic E-state index is 0.0418. The zero-order valence-electron chi connectivity index (χ0n) is 7.87. The Kier molecular flexibility index (Phi) is 3.26. The Morgan fingerprint density at radius 3 is 2.85 bits per heavy atom. The Bertz CT molecular complexity index is 329. The van der Waals surface area contributed by atoms with Crippen LogP contribution in [0.25, 0.3) is 0 Å². The Balaban J connectivity index is 2.59. The highest BCUT2D eigenvalue weighted by Crippen LogP contribution is 2.08. The monoisotopic (exact) mass is 175 g/mol. The highest BCUT2D eigenvalue weighted by molar-refractivity contribution is 5.87. The number of aryl methyl sites for hydroxylation is 1. The molecule has 0 aromatic heterocycles. The molecular formula is C11H13NO. The molecule has 0 atom stereocenters. The van der Waals surface area contributed by atoms with E-state index in [4.69, 9.17) is 0 Å². The molecule has 0 bridgehead atoms. The maximum absolute atomic E-state index is 10.6. The summed E-state index contributed by atoms with van der Waals surface area (Å²) >= 11 is 0. The molecule has 0 aliphatic heterocycles. The predicted molar refractivity (Wildman–Crippen MR) is 54.6 cm³/mol. The predicted octanol–water partition coefficient (Wildman–Crippen LogP) is 2.51. The van der Waals surface area contributed by atoms with E-state index < -0.39 is 0 Å². The molecule has 0 radical (unpaired) electrons. The molecule has 1 aromatic rings. The van der Waals surface area contributed by atoms with Gasteiger partial charge < -0.3 is 5.32 Å². The summed E-state index contributed by atoms with van der Waals surface area (Å²) in [7, 11) is 0. The van der Waals surface area contributed by atoms with Crippen molar-refractivity contribution in [3.05, 3.63) is 42.1 Å². The molecule has 0 amide bonds. The Hall–Kier alpha value is -1.57. The lowest BCUT2D eigenvalue weighted by atomic mass is 10.2. The number of ketones is 1. The molecule has 0 fully saturated rings. The second-order valence-corrected chi connectivity index (χ2v) is 2.96. The molecule has 2 nitrogen and oxygen atoms in total. The van der Waals surface area contributed by atoms with E-state index in [1.807, 2.05) is 31.2 Å². The van der Waals surface area contributed by atoms with Crippen molar-refractivity contribution in [2.45, 2.75) is 13.8 Å². The molecule has 1 aromatic carbocycles. The highest BCUT2D eigenvalue weighted by Gasteiger charge is 1.88. The van der Waals surface area contributed by atoms with Crippen molar-refractivity contribution < 1.29 is 4.79 Å². The summed E-state index contributed by atoms with van der Waals surface area (Å²) in [6.45, 7) is 3.55. The Morgan fingerprint density at radius 1 is 1.46 bits per heavy atom. The third-order valence-corrected chi connectivity index (χ3v) is 1.59. The number of allylic oxidation sites excluding steroid dienone is 1. The molecule has 2 heteroatoms. The highest BCUT2D eigenvalue weighted by atomic mass is 16.1. The first kappa shape index (κ1) is 9.52. The standard InChI is InChI=1S/C11H13NO/c1-9-4-3-5-11(8-9)12-7-6-10(2)13/h3-8,12H,1-2H3/b7-6+. The molecule has 1 rings (SSSR count). The maximum Gasteiger partial charge on any atom is 0.154 e. The zero-order valence-corrected chi connectivity index (χ0v) is 7.87. The first-order chi connectivity index (χ1) is 6.18. The van der Waals surface area contributed by atoms with E-state index >= 15 is 0 Å². The first-order valence-electron chi connectivity index (χ1n) is 4.19. The van der Waals surface area contributed by atoms with Gasteiger partial charge in [0, 0.05) is 11.9 Å². The van der Waals surface area contributed by atoms with Gasteiger partial charge >= 0.3 is 0 Å². The summed E-state index contributed by atoms with van der Waals surface area (Å²) in [4.78, 5) is 10.6. The average Bonchev–Trinajstić information content (AvgIpc) is 2.03. The lowest BCUT2D eigenvalue weighted by Crippen LogP contribution is -1.89. The number of hydrogen-bond acceptors (Lipinski definition) is 2. The molecule has 0 saturated carbocycles. The van der Waals surface area contributed by atoms with Gasteiger partial charge in [-0.3, -0.25) is 4.79 Å². The molecule has 68 valence electrons. The second kappa shape index (κ2) is 4.45. The van der Waals surface area contributed by atoms with E-state index in [0.717, 1.165) is 5.69 Å². The van der Waals surface area contributed by atoms with E-state index in [9.17, 15) is 4.79 Å². The average molecular weight is 175 g/mol. The van der Waals surface area contributed by atoms with Crippen LogP contribution in [-0.4, -0.2) is 5.78 Å². The van der Waals surface area contributed by atoms with Crippen molar-refractivity contribution in [3.63, 3.8) is 0 Å². The molecule has 0 saturated heterocycles. The van der Waals surface area contributed by atoms with Crippen LogP contribution in [0.4, 0.5) is 5.69 Å². The van der Waals surface area contributed by atoms with Gasteiger partial charge in [-0.1, -0.05) is 12.1 Å². The smallest absolute Gasteiger partial charge is 0.154 e. The van der Waals surface area contributed by atoms with Gasteiger partial charge in [-0.25, -0.2) is 0 Å². The van der Waals surface area contributed by atoms with Gasteiger partial charge in [0.15, 0.2) is 5.78 Å². The number of hydrogen-bond donors (Lipinski definition) is 1. The van der Waals surface area contributed by atoms with Crippen molar-refractivity contribution in [3.8, 4) is 0 Å². The number of carbonyl (C=O) groups is 1. The third-order valence-electron chi connectivity index (χ3n) is 1.59. The van der Waals surface area contributed by atoms with E-state index in [1.54, 1.807) is 6.20 Å². The van der Waals surface area contributed by atoms with Crippen LogP contribution < -0.4 is 5.32 Å². The SMILES string of the molecule is CC(=O)/C=C/Nc1cccc(C)c1. The minimum absolute atomic E-state index is 0.0418. The van der Waals surface area contributed by atoms with Gasteiger partial charge in [0.05, 0.1) is 0 Å². The molecule has 13 heavy (non-hydrogen) atoms. The van der Waals surface area contributed by atoms with Crippen molar-refractivity contribution >= 4 is 11.5 Å². The van der Waals surface area contributed by atoms with Crippen molar-refractivity contribution in [2.75, 3.05) is 5.32 Å². The van der Waals surface area contributed by atoms with Crippen molar-refractivity contribution in [1.29, 1.82) is 0 Å². The van der Waals surface area contributed by atoms with Gasteiger partial charge in [-0.05, 0) is 37.6 Å². The summed E-state index contributed by atoms with van der Waals surface area (Å²) in [6.07, 6.45) is 3.15. The van der Waals surface area contributed by atoms with Crippen LogP contribution in [-0.2, 0) is 4.79 Å². The number of nitrogens with one attached hydrogen (secondary N) is 1. The van der Waals surface area contributed by atoms with Gasteiger partial charge in [-0.15, -0.1) is 0 Å². The van der Waals surface area contributed by atoms with Gasteiger partial charge in [0.1, 0.15) is 0 Å². The summed E-state index contributed by atoms with van der Waals surface area (Å²) in [5.74, 6) is 0.0418. The van der Waals surface area contributed by atoms with Crippen LogP contribution in [0.1, 0.15) is 12.5 Å². The molecule has 0 aliphatic rings. The molecule has 0 unspecified atom stereocenters. The zero-order chi connectivity index (χ0) is 9.68. The van der Waals surface area contributed by atoms with E-state index in [-0.39, 0.29) is 5.78 Å². The number of rotatable bonds is 3.